The highest BCUT2D eigenvalue weighted by Crippen LogP contribution is 2.30. The highest BCUT2D eigenvalue weighted by atomic mass is 127. The van der Waals surface area contributed by atoms with Gasteiger partial charge in [0.2, 0.25) is 5.88 Å². The van der Waals surface area contributed by atoms with Crippen LogP contribution in [0.1, 0.15) is 16.7 Å². The number of pyridine rings is 1. The van der Waals surface area contributed by atoms with Crippen molar-refractivity contribution in [2.45, 2.75) is 13.8 Å². The van der Waals surface area contributed by atoms with Crippen molar-refractivity contribution < 1.29 is 4.74 Å². The van der Waals surface area contributed by atoms with Gasteiger partial charge in [-0.1, -0.05) is 12.1 Å². The Labute approximate surface area is 139 Å². The molecule has 1 atom stereocenters. The first-order valence-corrected chi connectivity index (χ1v) is 10.4. The molecule has 2 aromatic rings. The molecule has 1 heterocycles. The van der Waals surface area contributed by atoms with Crippen LogP contribution in [-0.4, -0.2) is 18.3 Å². The van der Waals surface area contributed by atoms with Gasteiger partial charge in [0.15, 0.2) is 0 Å². The Kier molecular flexibility index (Phi) is 5.53. The largest absolute Gasteiger partial charge is 0.480 e. The van der Waals surface area contributed by atoms with E-state index in [0.717, 1.165) is 16.8 Å². The third-order valence-electron chi connectivity index (χ3n) is 3.29. The van der Waals surface area contributed by atoms with Gasteiger partial charge in [-0.2, -0.15) is 0 Å². The van der Waals surface area contributed by atoms with Gasteiger partial charge < -0.3 is 10.5 Å². The van der Waals surface area contributed by atoms with E-state index < -0.39 is 0 Å². The summed E-state index contributed by atoms with van der Waals surface area (Å²) in [5.74, 6) is 0.502. The Bertz CT molecular complexity index is 689. The predicted molar refractivity (Wildman–Crippen MR) is 100 cm³/mol. The number of halogens is 1. The first-order valence-electron chi connectivity index (χ1n) is 6.37. The lowest BCUT2D eigenvalue weighted by Gasteiger charge is -2.11. The Morgan fingerprint density at radius 1 is 1.29 bits per heavy atom. The molecule has 0 aliphatic heterocycles. The summed E-state index contributed by atoms with van der Waals surface area (Å²) in [5.41, 5.74) is 11.8. The highest BCUT2D eigenvalue weighted by Gasteiger charge is 2.11. The van der Waals surface area contributed by atoms with Crippen LogP contribution in [0.4, 0.5) is 5.69 Å². The van der Waals surface area contributed by atoms with Gasteiger partial charge in [0.1, 0.15) is 0 Å². The number of aromatic nitrogens is 1. The first-order chi connectivity index (χ1) is 10.1. The van der Waals surface area contributed by atoms with Crippen molar-refractivity contribution in [3.05, 3.63) is 41.0 Å². The number of aryl methyl sites for hydroxylation is 2. The van der Waals surface area contributed by atoms with E-state index in [9.17, 15) is 0 Å². The van der Waals surface area contributed by atoms with E-state index in [1.165, 1.54) is 11.1 Å². The minimum atomic E-state index is 0.445. The lowest BCUT2D eigenvalue weighted by Crippen LogP contribution is -2.01. The zero-order valence-electron chi connectivity index (χ0n) is 12.1. The maximum Gasteiger partial charge on any atom is 0.224 e. The van der Waals surface area contributed by atoms with Crippen LogP contribution in [0.3, 0.4) is 0 Å². The van der Waals surface area contributed by atoms with E-state index in [4.69, 9.17) is 10.5 Å². The van der Waals surface area contributed by atoms with Crippen LogP contribution in [0.2, 0.25) is 0 Å². The van der Waals surface area contributed by atoms with Crippen molar-refractivity contribution in [1.29, 1.82) is 0 Å². The van der Waals surface area contributed by atoms with Gasteiger partial charge in [-0.05, 0) is 59.1 Å². The minimum Gasteiger partial charge on any atom is -0.480 e. The Balaban J connectivity index is 2.53. The van der Waals surface area contributed by atoms with Crippen molar-refractivity contribution in [1.82, 2.24) is 4.98 Å². The smallest absolute Gasteiger partial charge is 0.224 e. The zero-order valence-corrected chi connectivity index (χ0v) is 15.3. The maximum absolute atomic E-state index is 6.13. The normalized spacial score (nSPS) is 11.6. The van der Waals surface area contributed by atoms with Crippen LogP contribution in [0.15, 0.2) is 29.0 Å². The molecule has 2 N–H and O–H groups in total. The number of nitrogens with zero attached hydrogens (tertiary/aromatic N) is 2. The Morgan fingerprint density at radius 3 is 2.67 bits per heavy atom. The molecule has 1 aromatic carbocycles. The molecule has 1 unspecified atom stereocenters. The molecule has 0 fully saturated rings. The van der Waals surface area contributed by atoms with Gasteiger partial charge in [0, 0.05) is 17.5 Å². The van der Waals surface area contributed by atoms with Crippen LogP contribution >= 0.6 is 28.4 Å². The fraction of sp³-hybridized carbons (Fsp3) is 0.200. The second-order valence-electron chi connectivity index (χ2n) is 4.66. The van der Waals surface area contributed by atoms with Gasteiger partial charge >= 0.3 is 0 Å². The number of rotatable bonds is 4. The van der Waals surface area contributed by atoms with E-state index in [1.807, 2.05) is 12.1 Å². The second kappa shape index (κ2) is 7.18. The molecule has 2 rings (SSSR count). The summed E-state index contributed by atoms with van der Waals surface area (Å²) in [6, 6.07) is 8.10. The molecule has 110 valence electrons. The molecule has 0 amide bonds. The molecule has 21 heavy (non-hydrogen) atoms. The van der Waals surface area contributed by atoms with Gasteiger partial charge in [0.25, 0.3) is 0 Å². The van der Waals surface area contributed by atoms with E-state index in [1.54, 1.807) is 13.3 Å². The monoisotopic (exact) mass is 413 g/mol. The summed E-state index contributed by atoms with van der Waals surface area (Å²) in [4.78, 5) is 4.55. The third kappa shape index (κ3) is 3.71. The molecule has 0 saturated carbocycles. The van der Waals surface area contributed by atoms with Crippen LogP contribution in [0, 0.1) is 13.8 Å². The standard InChI is InChI=1S/C15H17IN3OP/c1-9-4-5-11(6-10(9)2)14-7-13(17)12(8-18-21-16)15(19-14)20-3/h4-8,21H,1-3H3,(H2,17,19)/b18-8+. The molecule has 6 heteroatoms. The summed E-state index contributed by atoms with van der Waals surface area (Å²) < 4.78 is 9.59. The molecule has 4 nitrogen and oxygen atoms in total. The summed E-state index contributed by atoms with van der Waals surface area (Å²) in [5, 5.41) is 0. The third-order valence-corrected chi connectivity index (χ3v) is 4.36. The van der Waals surface area contributed by atoms with Crippen LogP contribution in [0.25, 0.3) is 11.3 Å². The highest BCUT2D eigenvalue weighted by molar-refractivity contribution is 14.2. The van der Waals surface area contributed by atoms with Crippen molar-refractivity contribution in [3.8, 4) is 17.1 Å². The van der Waals surface area contributed by atoms with Crippen LogP contribution in [-0.2, 0) is 0 Å². The number of benzene rings is 1. The fourth-order valence-corrected chi connectivity index (χ4v) is 2.57. The number of ether oxygens (including phenoxy) is 1. The summed E-state index contributed by atoms with van der Waals surface area (Å²) >= 11 is 2.20. The van der Waals surface area contributed by atoms with Crippen LogP contribution < -0.4 is 10.5 Å². The van der Waals surface area contributed by atoms with Crippen molar-refractivity contribution in [2.75, 3.05) is 12.8 Å². The number of hydrogen-bond donors (Lipinski definition) is 1. The van der Waals surface area contributed by atoms with E-state index in [0.29, 0.717) is 17.9 Å². The van der Waals surface area contributed by atoms with Gasteiger partial charge in [-0.3, -0.25) is 4.76 Å². The summed E-state index contributed by atoms with van der Waals surface area (Å²) in [6.45, 7) is 4.17. The number of methoxy groups -OCH3 is 1. The molecular formula is C15H17IN3OP. The van der Waals surface area contributed by atoms with Gasteiger partial charge in [-0.25, -0.2) is 4.98 Å². The Hall–Kier alpha value is -1.20. The van der Waals surface area contributed by atoms with Crippen molar-refractivity contribution >= 4 is 40.3 Å². The number of hydrogen-bond acceptors (Lipinski definition) is 4. The molecule has 1 aromatic heterocycles. The zero-order chi connectivity index (χ0) is 15.4. The predicted octanol–water partition coefficient (Wildman–Crippen LogP) is 4.32. The van der Waals surface area contributed by atoms with Crippen molar-refractivity contribution in [2.24, 2.45) is 4.76 Å². The fourth-order valence-electron chi connectivity index (χ4n) is 1.97. The molecule has 0 aliphatic rings. The summed E-state index contributed by atoms with van der Waals surface area (Å²) in [7, 11) is 1.59. The maximum atomic E-state index is 6.13. The van der Waals surface area contributed by atoms with E-state index >= 15 is 0 Å². The van der Waals surface area contributed by atoms with Crippen LogP contribution in [0.5, 0.6) is 5.88 Å². The molecule has 0 bridgehead atoms. The minimum absolute atomic E-state index is 0.445. The van der Waals surface area contributed by atoms with Gasteiger partial charge in [-0.15, -0.1) is 0 Å². The number of nitrogens with two attached hydrogens (primary N) is 1. The molecule has 0 saturated heterocycles. The van der Waals surface area contributed by atoms with E-state index in [2.05, 4.69) is 57.8 Å². The molecule has 0 radical (unpaired) electrons. The molecule has 0 aliphatic carbocycles. The number of nitrogen functional groups attached to an aromatic ring is 1. The lowest BCUT2D eigenvalue weighted by molar-refractivity contribution is 0.398. The van der Waals surface area contributed by atoms with Crippen molar-refractivity contribution in [3.63, 3.8) is 0 Å². The Morgan fingerprint density at radius 2 is 2.05 bits per heavy atom. The van der Waals surface area contributed by atoms with E-state index in [-0.39, 0.29) is 0 Å². The summed E-state index contributed by atoms with van der Waals surface area (Å²) in [6.07, 6.45) is 2.16. The second-order valence-corrected chi connectivity index (χ2v) is 6.54. The SMILES string of the molecule is COc1nc(-c2ccc(C)c(C)c2)cc(N)c1/C=N/PI. The van der Waals surface area contributed by atoms with Gasteiger partial charge in [0.05, 0.1) is 24.7 Å². The average Bonchev–Trinajstić information content (AvgIpc) is 2.48. The lowest BCUT2D eigenvalue weighted by atomic mass is 10.0. The quantitative estimate of drug-likeness (QED) is 0.462. The first kappa shape index (κ1) is 16.2. The molecule has 0 spiro atoms. The number of anilines is 1. The topological polar surface area (TPSA) is 60.5 Å². The molecular weight excluding hydrogens is 396 g/mol. The average molecular weight is 413 g/mol.